The molecule has 0 aliphatic heterocycles. The van der Waals surface area contributed by atoms with Crippen LogP contribution in [0.5, 0.6) is 0 Å². The van der Waals surface area contributed by atoms with Crippen molar-refractivity contribution in [2.24, 2.45) is 0 Å². The summed E-state index contributed by atoms with van der Waals surface area (Å²) in [6.45, 7) is 4.13. The summed E-state index contributed by atoms with van der Waals surface area (Å²) in [6, 6.07) is 66.8. The van der Waals surface area contributed by atoms with Crippen molar-refractivity contribution in [1.29, 1.82) is 0 Å². The minimum Gasteiger partial charge on any atom is -0.456 e. The minimum atomic E-state index is 0.791. The number of allylic oxidation sites excluding steroid dienone is 2. The molecule has 0 fully saturated rings. The standard InChI is InChI=1S/C50H35NO/c1-2-15-46(50-34-42-31-38-20-8-9-21-40(38)33-49(42)52-50)45-25-11-13-27-48(45)51(47-26-12-10-24-44(47)36-17-4-3-5-18-36)43-23-14-22-39(32-43)41-29-28-35-16-6-7-19-37(35)30-41/h2-34H,1H2/b46-15-. The van der Waals surface area contributed by atoms with Gasteiger partial charge in [-0.2, -0.15) is 0 Å². The lowest BCUT2D eigenvalue weighted by Crippen LogP contribution is -2.13. The average Bonchev–Trinajstić information content (AvgIpc) is 3.62. The maximum absolute atomic E-state index is 6.66. The molecule has 0 saturated heterocycles. The first-order chi connectivity index (χ1) is 25.7. The Morgan fingerprint density at radius 1 is 0.462 bits per heavy atom. The van der Waals surface area contributed by atoms with Gasteiger partial charge in [-0.15, -0.1) is 0 Å². The van der Waals surface area contributed by atoms with E-state index in [1.54, 1.807) is 0 Å². The van der Waals surface area contributed by atoms with E-state index in [0.717, 1.165) is 67.0 Å². The van der Waals surface area contributed by atoms with Gasteiger partial charge >= 0.3 is 0 Å². The Morgan fingerprint density at radius 2 is 1.10 bits per heavy atom. The highest BCUT2D eigenvalue weighted by Gasteiger charge is 2.23. The summed E-state index contributed by atoms with van der Waals surface area (Å²) < 4.78 is 6.66. The monoisotopic (exact) mass is 665 g/mol. The Labute approximate surface area is 303 Å². The maximum atomic E-state index is 6.66. The van der Waals surface area contributed by atoms with Gasteiger partial charge in [-0.25, -0.2) is 0 Å². The van der Waals surface area contributed by atoms with Crippen molar-refractivity contribution in [2.75, 3.05) is 4.90 Å². The van der Waals surface area contributed by atoms with E-state index in [1.165, 1.54) is 21.7 Å². The summed E-state index contributed by atoms with van der Waals surface area (Å²) in [5.41, 5.74) is 10.6. The van der Waals surface area contributed by atoms with Gasteiger partial charge in [0.2, 0.25) is 0 Å². The molecule has 52 heavy (non-hydrogen) atoms. The SMILES string of the molecule is C=C/C=C(\c1cc2cc3ccccc3cc2o1)c1ccccc1N(c1cccc(-c2ccc3ccccc3c2)c1)c1ccccc1-c1ccccc1. The van der Waals surface area contributed by atoms with E-state index in [9.17, 15) is 0 Å². The molecule has 0 atom stereocenters. The molecule has 9 rings (SSSR count). The average molecular weight is 666 g/mol. The highest BCUT2D eigenvalue weighted by molar-refractivity contribution is 6.00. The molecule has 0 unspecified atom stereocenters. The van der Waals surface area contributed by atoms with Gasteiger partial charge in [0.05, 0.1) is 11.4 Å². The van der Waals surface area contributed by atoms with E-state index in [2.05, 4.69) is 206 Å². The molecule has 2 heteroatoms. The van der Waals surface area contributed by atoms with Crippen LogP contribution in [0.1, 0.15) is 11.3 Å². The number of hydrogen-bond acceptors (Lipinski definition) is 2. The summed E-state index contributed by atoms with van der Waals surface area (Å²) in [5, 5.41) is 5.86. The number of rotatable bonds is 8. The summed E-state index contributed by atoms with van der Waals surface area (Å²) in [6.07, 6.45) is 3.90. The highest BCUT2D eigenvalue weighted by atomic mass is 16.3. The number of anilines is 3. The molecule has 2 nitrogen and oxygen atoms in total. The molecule has 0 N–H and O–H groups in total. The molecular formula is C50H35NO. The van der Waals surface area contributed by atoms with Crippen LogP contribution < -0.4 is 4.90 Å². The second-order valence-electron chi connectivity index (χ2n) is 13.0. The lowest BCUT2D eigenvalue weighted by atomic mass is 9.96. The van der Waals surface area contributed by atoms with Gasteiger partial charge in [-0.05, 0) is 86.8 Å². The van der Waals surface area contributed by atoms with Gasteiger partial charge in [0.15, 0.2) is 0 Å². The van der Waals surface area contributed by atoms with Crippen molar-refractivity contribution in [1.82, 2.24) is 0 Å². The Balaban J connectivity index is 1.25. The highest BCUT2D eigenvalue weighted by Crippen LogP contribution is 2.45. The number of benzene rings is 8. The van der Waals surface area contributed by atoms with Crippen LogP contribution in [-0.4, -0.2) is 0 Å². The Morgan fingerprint density at radius 3 is 1.90 bits per heavy atom. The van der Waals surface area contributed by atoms with E-state index in [1.807, 2.05) is 6.08 Å². The van der Waals surface area contributed by atoms with Crippen molar-refractivity contribution < 1.29 is 4.42 Å². The van der Waals surface area contributed by atoms with Gasteiger partial charge in [-0.3, -0.25) is 0 Å². The van der Waals surface area contributed by atoms with Crippen LogP contribution in [-0.2, 0) is 0 Å². The molecule has 9 aromatic rings. The molecule has 0 bridgehead atoms. The Hall–Kier alpha value is -6.90. The van der Waals surface area contributed by atoms with Crippen LogP contribution in [0.2, 0.25) is 0 Å². The van der Waals surface area contributed by atoms with Gasteiger partial charge < -0.3 is 9.32 Å². The zero-order chi connectivity index (χ0) is 34.9. The van der Waals surface area contributed by atoms with E-state index in [-0.39, 0.29) is 0 Å². The predicted octanol–water partition coefficient (Wildman–Crippen LogP) is 14.2. The molecule has 8 aromatic carbocycles. The molecule has 0 radical (unpaired) electrons. The van der Waals surface area contributed by atoms with E-state index >= 15 is 0 Å². The van der Waals surface area contributed by atoms with Gasteiger partial charge in [-0.1, -0.05) is 158 Å². The topological polar surface area (TPSA) is 16.4 Å². The molecule has 0 amide bonds. The van der Waals surface area contributed by atoms with Crippen LogP contribution >= 0.6 is 0 Å². The van der Waals surface area contributed by atoms with E-state index in [0.29, 0.717) is 0 Å². The lowest BCUT2D eigenvalue weighted by Gasteiger charge is -2.30. The quantitative estimate of drug-likeness (QED) is 0.150. The zero-order valence-corrected chi connectivity index (χ0v) is 28.6. The number of hydrogen-bond donors (Lipinski definition) is 0. The first-order valence-corrected chi connectivity index (χ1v) is 17.6. The summed E-state index contributed by atoms with van der Waals surface area (Å²) >= 11 is 0. The summed E-state index contributed by atoms with van der Waals surface area (Å²) in [4.78, 5) is 2.39. The van der Waals surface area contributed by atoms with Crippen LogP contribution in [0.25, 0.3) is 60.3 Å². The minimum absolute atomic E-state index is 0.791. The number of para-hydroxylation sites is 2. The Bertz CT molecular complexity index is 2720. The van der Waals surface area contributed by atoms with Crippen molar-refractivity contribution >= 4 is 55.1 Å². The maximum Gasteiger partial charge on any atom is 0.136 e. The molecule has 0 saturated carbocycles. The normalized spacial score (nSPS) is 11.7. The molecular weight excluding hydrogens is 631 g/mol. The van der Waals surface area contributed by atoms with Crippen molar-refractivity contribution in [3.05, 3.63) is 218 Å². The largest absolute Gasteiger partial charge is 0.456 e. The smallest absolute Gasteiger partial charge is 0.136 e. The Kier molecular flexibility index (Phi) is 8.03. The van der Waals surface area contributed by atoms with Crippen molar-refractivity contribution in [2.45, 2.75) is 0 Å². The third-order valence-electron chi connectivity index (χ3n) is 9.79. The second-order valence-corrected chi connectivity index (χ2v) is 13.0. The van der Waals surface area contributed by atoms with E-state index in [4.69, 9.17) is 4.42 Å². The van der Waals surface area contributed by atoms with Gasteiger partial charge in [0, 0.05) is 27.8 Å². The fourth-order valence-corrected chi connectivity index (χ4v) is 7.31. The van der Waals surface area contributed by atoms with Crippen LogP contribution in [0.3, 0.4) is 0 Å². The molecule has 0 aliphatic carbocycles. The van der Waals surface area contributed by atoms with Gasteiger partial charge in [0.25, 0.3) is 0 Å². The fraction of sp³-hybridized carbons (Fsp3) is 0. The lowest BCUT2D eigenvalue weighted by molar-refractivity contribution is 0.601. The number of nitrogens with zero attached hydrogens (tertiary/aromatic N) is 1. The fourth-order valence-electron chi connectivity index (χ4n) is 7.31. The van der Waals surface area contributed by atoms with E-state index < -0.39 is 0 Å². The van der Waals surface area contributed by atoms with Gasteiger partial charge in [0.1, 0.15) is 11.3 Å². The number of furan rings is 1. The first kappa shape index (κ1) is 31.1. The number of fused-ring (bicyclic) bond motifs is 3. The zero-order valence-electron chi connectivity index (χ0n) is 28.6. The van der Waals surface area contributed by atoms with Crippen LogP contribution in [0, 0.1) is 0 Å². The third-order valence-corrected chi connectivity index (χ3v) is 9.79. The molecule has 0 aliphatic rings. The van der Waals surface area contributed by atoms with Crippen molar-refractivity contribution in [3.63, 3.8) is 0 Å². The summed E-state index contributed by atoms with van der Waals surface area (Å²) in [7, 11) is 0. The van der Waals surface area contributed by atoms with Crippen LogP contribution in [0.4, 0.5) is 17.1 Å². The molecule has 246 valence electrons. The second kappa shape index (κ2) is 13.4. The third kappa shape index (κ3) is 5.77. The molecule has 1 aromatic heterocycles. The molecule has 0 spiro atoms. The molecule has 1 heterocycles. The van der Waals surface area contributed by atoms with Crippen LogP contribution in [0.15, 0.2) is 211 Å². The first-order valence-electron chi connectivity index (χ1n) is 17.6. The summed E-state index contributed by atoms with van der Waals surface area (Å²) in [5.74, 6) is 0.791. The predicted molar refractivity (Wildman–Crippen MR) is 220 cm³/mol. The van der Waals surface area contributed by atoms with Crippen molar-refractivity contribution in [3.8, 4) is 22.3 Å².